The predicted molar refractivity (Wildman–Crippen MR) is 53.7 cm³/mol. The van der Waals surface area contributed by atoms with Crippen LogP contribution in [-0.4, -0.2) is 25.2 Å². The minimum Gasteiger partial charge on any atom is -0.325 e. The van der Waals surface area contributed by atoms with Crippen LogP contribution in [0.5, 0.6) is 0 Å². The topological polar surface area (TPSA) is 80.4 Å². The van der Waals surface area contributed by atoms with Gasteiger partial charge in [-0.25, -0.2) is 4.39 Å². The maximum Gasteiger partial charge on any atom is 0.294 e. The molecule has 0 saturated heterocycles. The number of nitrogens with two attached hydrogens (primary N) is 1. The van der Waals surface area contributed by atoms with Gasteiger partial charge in [0, 0.05) is 6.04 Å². The Morgan fingerprint density at radius 1 is 1.33 bits per heavy atom. The zero-order valence-electron chi connectivity index (χ0n) is 7.88. The second-order valence-electron chi connectivity index (χ2n) is 3.20. The van der Waals surface area contributed by atoms with Crippen molar-refractivity contribution in [2.75, 3.05) is 0 Å². The van der Waals surface area contributed by atoms with Crippen LogP contribution in [0.3, 0.4) is 0 Å². The first kappa shape index (κ1) is 12.1. The summed E-state index contributed by atoms with van der Waals surface area (Å²) in [6.45, 7) is 0. The van der Waals surface area contributed by atoms with Crippen LogP contribution in [0, 0.1) is 0 Å². The van der Waals surface area contributed by atoms with E-state index in [0.717, 1.165) is 0 Å². The summed E-state index contributed by atoms with van der Waals surface area (Å²) < 4.78 is 40.6. The number of hydrogen-bond acceptors (Lipinski definition) is 3. The standard InChI is InChI=1S/C6H6O3S.C3H6FN/c7-10(8,9)6-4-2-1-3-5-6;4-2-1-3(2)5/h1-5H,(H,7,8,9);2-3H,1,5H2. The SMILES string of the molecule is NC1CC1F.O=S(=O)(O)c1ccccc1. The molecule has 0 heterocycles. The molecular formula is C9H12FNO3S. The molecule has 1 aromatic carbocycles. The van der Waals surface area contributed by atoms with Crippen molar-refractivity contribution in [3.05, 3.63) is 30.3 Å². The van der Waals surface area contributed by atoms with Crippen molar-refractivity contribution in [3.63, 3.8) is 0 Å². The smallest absolute Gasteiger partial charge is 0.294 e. The molecular weight excluding hydrogens is 221 g/mol. The van der Waals surface area contributed by atoms with E-state index in [9.17, 15) is 12.8 Å². The van der Waals surface area contributed by atoms with Gasteiger partial charge in [0.15, 0.2) is 0 Å². The van der Waals surface area contributed by atoms with Crippen molar-refractivity contribution < 1.29 is 17.4 Å². The van der Waals surface area contributed by atoms with Crippen molar-refractivity contribution in [2.24, 2.45) is 5.73 Å². The first-order valence-electron chi connectivity index (χ1n) is 4.33. The second-order valence-corrected chi connectivity index (χ2v) is 4.63. The monoisotopic (exact) mass is 233 g/mol. The molecule has 15 heavy (non-hydrogen) atoms. The van der Waals surface area contributed by atoms with Gasteiger partial charge in [0.2, 0.25) is 0 Å². The van der Waals surface area contributed by atoms with E-state index < -0.39 is 16.3 Å². The van der Waals surface area contributed by atoms with Gasteiger partial charge in [0.05, 0.1) is 4.90 Å². The van der Waals surface area contributed by atoms with E-state index in [1.165, 1.54) is 12.1 Å². The molecule has 0 radical (unpaired) electrons. The van der Waals surface area contributed by atoms with E-state index in [-0.39, 0.29) is 10.9 Å². The van der Waals surface area contributed by atoms with E-state index in [4.69, 9.17) is 10.3 Å². The Hall–Kier alpha value is -0.980. The highest BCUT2D eigenvalue weighted by Crippen LogP contribution is 2.21. The van der Waals surface area contributed by atoms with Crippen LogP contribution < -0.4 is 5.73 Å². The van der Waals surface area contributed by atoms with Crippen LogP contribution in [0.15, 0.2) is 35.2 Å². The molecule has 4 nitrogen and oxygen atoms in total. The lowest BCUT2D eigenvalue weighted by molar-refractivity contribution is 0.467. The maximum absolute atomic E-state index is 11.4. The molecule has 0 spiro atoms. The molecule has 1 aliphatic carbocycles. The van der Waals surface area contributed by atoms with Crippen molar-refractivity contribution in [3.8, 4) is 0 Å². The molecule has 84 valence electrons. The Morgan fingerprint density at radius 3 is 1.93 bits per heavy atom. The van der Waals surface area contributed by atoms with E-state index in [2.05, 4.69) is 0 Å². The molecule has 2 atom stereocenters. The zero-order chi connectivity index (χ0) is 11.5. The summed E-state index contributed by atoms with van der Waals surface area (Å²) in [6, 6.07) is 7.31. The molecule has 2 rings (SSSR count). The number of rotatable bonds is 1. The summed E-state index contributed by atoms with van der Waals surface area (Å²) >= 11 is 0. The van der Waals surface area contributed by atoms with E-state index >= 15 is 0 Å². The maximum atomic E-state index is 11.4. The summed E-state index contributed by atoms with van der Waals surface area (Å²) in [5, 5.41) is 0. The molecule has 0 aromatic heterocycles. The van der Waals surface area contributed by atoms with Gasteiger partial charge in [-0.15, -0.1) is 0 Å². The second kappa shape index (κ2) is 4.69. The largest absolute Gasteiger partial charge is 0.325 e. The molecule has 0 bridgehead atoms. The average molecular weight is 233 g/mol. The number of halogens is 1. The van der Waals surface area contributed by atoms with Gasteiger partial charge in [-0.1, -0.05) is 18.2 Å². The minimum atomic E-state index is -4.00. The molecule has 6 heteroatoms. The Morgan fingerprint density at radius 2 is 1.73 bits per heavy atom. The highest BCUT2D eigenvalue weighted by Gasteiger charge is 2.32. The highest BCUT2D eigenvalue weighted by molar-refractivity contribution is 7.85. The molecule has 1 fully saturated rings. The van der Waals surface area contributed by atoms with Crippen LogP contribution in [0.1, 0.15) is 6.42 Å². The van der Waals surface area contributed by atoms with Gasteiger partial charge in [-0.05, 0) is 18.6 Å². The van der Waals surface area contributed by atoms with Crippen molar-refractivity contribution in [2.45, 2.75) is 23.5 Å². The molecule has 2 unspecified atom stereocenters. The van der Waals surface area contributed by atoms with Crippen LogP contribution in [-0.2, 0) is 10.1 Å². The van der Waals surface area contributed by atoms with Crippen LogP contribution in [0.4, 0.5) is 4.39 Å². The lowest BCUT2D eigenvalue weighted by atomic mass is 10.4. The molecule has 1 saturated carbocycles. The van der Waals surface area contributed by atoms with Crippen LogP contribution >= 0.6 is 0 Å². The normalized spacial score (nSPS) is 23.9. The first-order valence-corrected chi connectivity index (χ1v) is 5.77. The van der Waals surface area contributed by atoms with Gasteiger partial charge >= 0.3 is 0 Å². The van der Waals surface area contributed by atoms with Gasteiger partial charge < -0.3 is 5.73 Å². The third-order valence-electron chi connectivity index (χ3n) is 1.80. The van der Waals surface area contributed by atoms with Gasteiger partial charge in [-0.3, -0.25) is 4.55 Å². The van der Waals surface area contributed by atoms with Crippen molar-refractivity contribution in [1.82, 2.24) is 0 Å². The molecule has 0 amide bonds. The lowest BCUT2D eigenvalue weighted by Crippen LogP contribution is -2.00. The highest BCUT2D eigenvalue weighted by atomic mass is 32.2. The molecule has 1 aliphatic rings. The quantitative estimate of drug-likeness (QED) is 0.709. The third-order valence-corrected chi connectivity index (χ3v) is 2.67. The first-order chi connectivity index (χ1) is 6.91. The fourth-order valence-corrected chi connectivity index (χ4v) is 1.27. The summed E-state index contributed by atoms with van der Waals surface area (Å²) in [6.07, 6.45) is -0.0880. The Balaban J connectivity index is 0.000000187. The van der Waals surface area contributed by atoms with E-state index in [1.54, 1.807) is 18.2 Å². The van der Waals surface area contributed by atoms with Crippen LogP contribution in [0.2, 0.25) is 0 Å². The Labute approximate surface area is 87.7 Å². The van der Waals surface area contributed by atoms with Crippen molar-refractivity contribution >= 4 is 10.1 Å². The minimum absolute atomic E-state index is 0.0741. The molecule has 3 N–H and O–H groups in total. The van der Waals surface area contributed by atoms with Gasteiger partial charge in [-0.2, -0.15) is 8.42 Å². The van der Waals surface area contributed by atoms with E-state index in [1.807, 2.05) is 0 Å². The number of hydrogen-bond donors (Lipinski definition) is 2. The summed E-state index contributed by atoms with van der Waals surface area (Å²) in [5.74, 6) is 0. The molecule has 1 aromatic rings. The average Bonchev–Trinajstić information content (AvgIpc) is 2.81. The van der Waals surface area contributed by atoms with Crippen molar-refractivity contribution in [1.29, 1.82) is 0 Å². The fourth-order valence-electron chi connectivity index (χ4n) is 0.774. The lowest BCUT2D eigenvalue weighted by Gasteiger charge is -1.92. The summed E-state index contributed by atoms with van der Waals surface area (Å²) in [5.41, 5.74) is 4.99. The van der Waals surface area contributed by atoms with Gasteiger partial charge in [0.25, 0.3) is 10.1 Å². The molecule has 0 aliphatic heterocycles. The Bertz CT molecular complexity index is 401. The summed E-state index contributed by atoms with van der Waals surface area (Å²) in [4.78, 5) is -0.0741. The summed E-state index contributed by atoms with van der Waals surface area (Å²) in [7, 11) is -4.00. The number of alkyl halides is 1. The fraction of sp³-hybridized carbons (Fsp3) is 0.333. The van der Waals surface area contributed by atoms with E-state index in [0.29, 0.717) is 6.42 Å². The third kappa shape index (κ3) is 4.37. The van der Waals surface area contributed by atoms with Gasteiger partial charge in [0.1, 0.15) is 6.17 Å². The zero-order valence-corrected chi connectivity index (χ0v) is 8.69. The van der Waals surface area contributed by atoms with Crippen LogP contribution in [0.25, 0.3) is 0 Å². The Kier molecular flexibility index (Phi) is 3.78. The number of benzene rings is 1. The predicted octanol–water partition coefficient (Wildman–Crippen LogP) is 0.989.